The molecule has 0 aliphatic carbocycles. The molecule has 47 heavy (non-hydrogen) atoms. The monoisotopic (exact) mass is 654 g/mol. The van der Waals surface area contributed by atoms with Crippen LogP contribution in [0.5, 0.6) is 0 Å². The van der Waals surface area contributed by atoms with E-state index in [1.165, 1.54) is 73.8 Å². The molecule has 3 heteroatoms. The van der Waals surface area contributed by atoms with E-state index >= 15 is 0 Å². The van der Waals surface area contributed by atoms with Gasteiger partial charge in [0, 0.05) is 32.0 Å². The molecule has 0 unspecified atom stereocenters. The van der Waals surface area contributed by atoms with Gasteiger partial charge in [-0.05, 0) is 33.4 Å². The van der Waals surface area contributed by atoms with Gasteiger partial charge in [0.1, 0.15) is 0 Å². The van der Waals surface area contributed by atoms with Gasteiger partial charge in [0.15, 0.2) is 0 Å². The maximum atomic E-state index is 2.25. The fraction of sp³-hybridized carbons (Fsp3) is 0. The normalized spacial score (nSPS) is 11.1. The molecule has 8 rings (SSSR count). The first-order valence-corrected chi connectivity index (χ1v) is 18.1. The first kappa shape index (κ1) is 29.5. The van der Waals surface area contributed by atoms with Crippen LogP contribution in [-0.2, 0) is 0 Å². The number of hydrogen-bond acceptors (Lipinski definition) is 3. The van der Waals surface area contributed by atoms with Crippen molar-refractivity contribution in [3.63, 3.8) is 0 Å². The SMILES string of the molecule is c1ccc(-c2sc(Sc3sc(-c4ccccc4)c(-c4ccccc4)c3-c3ccccc3)c(-c3ccccc3)c2-c2ccccc2)cc1. The van der Waals surface area contributed by atoms with Crippen LogP contribution in [0.25, 0.3) is 65.4 Å². The van der Waals surface area contributed by atoms with Gasteiger partial charge in [0.2, 0.25) is 0 Å². The highest BCUT2D eigenvalue weighted by atomic mass is 32.2. The fourth-order valence-corrected chi connectivity index (χ4v) is 10.6. The van der Waals surface area contributed by atoms with Crippen LogP contribution in [0.2, 0.25) is 0 Å². The van der Waals surface area contributed by atoms with Gasteiger partial charge in [-0.2, -0.15) is 0 Å². The highest BCUT2D eigenvalue weighted by molar-refractivity contribution is 8.03. The predicted octanol–water partition coefficient (Wildman–Crippen LogP) is 14.0. The van der Waals surface area contributed by atoms with Crippen molar-refractivity contribution in [3.8, 4) is 65.4 Å². The lowest BCUT2D eigenvalue weighted by atomic mass is 9.94. The highest BCUT2D eigenvalue weighted by Gasteiger charge is 2.27. The van der Waals surface area contributed by atoms with Gasteiger partial charge in [-0.3, -0.25) is 0 Å². The second kappa shape index (κ2) is 13.4. The molecule has 2 heterocycles. The van der Waals surface area contributed by atoms with E-state index in [-0.39, 0.29) is 0 Å². The Kier molecular flexibility index (Phi) is 8.42. The third-order valence-corrected chi connectivity index (χ3v) is 12.1. The molecule has 0 aliphatic heterocycles. The average Bonchev–Trinajstić information content (AvgIpc) is 3.73. The summed E-state index contributed by atoms with van der Waals surface area (Å²) in [6.07, 6.45) is 0. The number of hydrogen-bond donors (Lipinski definition) is 0. The number of rotatable bonds is 8. The maximum Gasteiger partial charge on any atom is 0.0746 e. The Balaban J connectivity index is 1.42. The van der Waals surface area contributed by atoms with Crippen molar-refractivity contribution in [1.82, 2.24) is 0 Å². The smallest absolute Gasteiger partial charge is 0.0746 e. The van der Waals surface area contributed by atoms with E-state index < -0.39 is 0 Å². The van der Waals surface area contributed by atoms with E-state index in [4.69, 9.17) is 0 Å². The quantitative estimate of drug-likeness (QED) is 0.157. The van der Waals surface area contributed by atoms with Gasteiger partial charge in [0.05, 0.1) is 8.42 Å². The molecule has 0 amide bonds. The number of thiophene rings is 2. The van der Waals surface area contributed by atoms with E-state index in [0.717, 1.165) is 0 Å². The third kappa shape index (κ3) is 5.90. The molecule has 0 radical (unpaired) electrons. The average molecular weight is 655 g/mol. The molecule has 8 aromatic rings. The van der Waals surface area contributed by atoms with E-state index in [1.807, 2.05) is 34.4 Å². The molecule has 0 nitrogen and oxygen atoms in total. The molecule has 6 aromatic carbocycles. The molecular formula is C44H30S3. The molecule has 0 fully saturated rings. The highest BCUT2D eigenvalue weighted by Crippen LogP contribution is 2.58. The Morgan fingerprint density at radius 1 is 0.255 bits per heavy atom. The Morgan fingerprint density at radius 2 is 0.489 bits per heavy atom. The first-order chi connectivity index (χ1) is 23.3. The van der Waals surface area contributed by atoms with Crippen molar-refractivity contribution in [3.05, 3.63) is 182 Å². The van der Waals surface area contributed by atoms with Crippen molar-refractivity contribution in [2.24, 2.45) is 0 Å². The van der Waals surface area contributed by atoms with E-state index in [0.29, 0.717) is 0 Å². The molecule has 0 saturated carbocycles. The summed E-state index contributed by atoms with van der Waals surface area (Å²) in [6, 6.07) is 65.3. The van der Waals surface area contributed by atoms with Crippen LogP contribution in [0.3, 0.4) is 0 Å². The van der Waals surface area contributed by atoms with Gasteiger partial charge in [0.25, 0.3) is 0 Å². The second-order valence-electron chi connectivity index (χ2n) is 11.2. The first-order valence-electron chi connectivity index (χ1n) is 15.7. The summed E-state index contributed by atoms with van der Waals surface area (Å²) in [6.45, 7) is 0. The fourth-order valence-electron chi connectivity index (χ4n) is 6.13. The summed E-state index contributed by atoms with van der Waals surface area (Å²) in [5, 5.41) is 0. The van der Waals surface area contributed by atoms with Crippen LogP contribution < -0.4 is 0 Å². The lowest BCUT2D eigenvalue weighted by molar-refractivity contribution is 1.55. The Hall–Kier alpha value is -4.93. The van der Waals surface area contributed by atoms with Crippen LogP contribution >= 0.6 is 34.4 Å². The molecular weight excluding hydrogens is 625 g/mol. The molecule has 0 aliphatic rings. The van der Waals surface area contributed by atoms with E-state index in [9.17, 15) is 0 Å². The lowest BCUT2D eigenvalue weighted by Gasteiger charge is -2.12. The Bertz CT molecular complexity index is 2060. The summed E-state index contributed by atoms with van der Waals surface area (Å²) in [7, 11) is 0. The van der Waals surface area contributed by atoms with Gasteiger partial charge in [-0.1, -0.05) is 194 Å². The van der Waals surface area contributed by atoms with Crippen molar-refractivity contribution in [2.75, 3.05) is 0 Å². The predicted molar refractivity (Wildman–Crippen MR) is 205 cm³/mol. The standard InChI is InChI=1S/C44H30S3/c1-7-19-31(20-8-1)37-39(33-23-11-3-12-24-33)43(45-41(37)35-27-15-5-16-28-35)47-44-40(34-25-13-4-14-26-34)38(32-21-9-2-10-22-32)42(46-44)36-29-17-6-18-30-36/h1-30H. The van der Waals surface area contributed by atoms with Gasteiger partial charge < -0.3 is 0 Å². The van der Waals surface area contributed by atoms with Gasteiger partial charge in [-0.25, -0.2) is 0 Å². The molecule has 0 bridgehead atoms. The zero-order valence-corrected chi connectivity index (χ0v) is 28.0. The topological polar surface area (TPSA) is 0 Å². The molecule has 0 atom stereocenters. The van der Waals surface area contributed by atoms with Crippen molar-refractivity contribution in [2.45, 2.75) is 8.42 Å². The Morgan fingerprint density at radius 3 is 0.766 bits per heavy atom. The summed E-state index contributed by atoms with van der Waals surface area (Å²) < 4.78 is 2.60. The largest absolute Gasteiger partial charge is 0.127 e. The van der Waals surface area contributed by atoms with Crippen LogP contribution in [0.4, 0.5) is 0 Å². The van der Waals surface area contributed by atoms with Crippen molar-refractivity contribution in [1.29, 1.82) is 0 Å². The molecule has 0 spiro atoms. The second-order valence-corrected chi connectivity index (χ2v) is 14.8. The zero-order valence-electron chi connectivity index (χ0n) is 25.5. The van der Waals surface area contributed by atoms with Crippen LogP contribution in [0, 0.1) is 0 Å². The van der Waals surface area contributed by atoms with Crippen molar-refractivity contribution >= 4 is 34.4 Å². The van der Waals surface area contributed by atoms with Gasteiger partial charge in [-0.15, -0.1) is 22.7 Å². The van der Waals surface area contributed by atoms with E-state index in [2.05, 4.69) is 182 Å². The summed E-state index contributed by atoms with van der Waals surface area (Å²) in [5.74, 6) is 0. The lowest BCUT2D eigenvalue weighted by Crippen LogP contribution is -1.86. The molecule has 224 valence electrons. The van der Waals surface area contributed by atoms with Crippen LogP contribution in [0.1, 0.15) is 0 Å². The molecule has 2 aromatic heterocycles. The maximum absolute atomic E-state index is 2.25. The minimum absolute atomic E-state index is 1.23. The minimum atomic E-state index is 1.23. The van der Waals surface area contributed by atoms with Crippen LogP contribution in [-0.4, -0.2) is 0 Å². The number of benzene rings is 6. The summed E-state index contributed by atoms with van der Waals surface area (Å²) in [5.41, 5.74) is 12.6. The Labute approximate surface area is 288 Å². The van der Waals surface area contributed by atoms with Gasteiger partial charge >= 0.3 is 0 Å². The molecule has 0 saturated heterocycles. The minimum Gasteiger partial charge on any atom is -0.127 e. The summed E-state index contributed by atoms with van der Waals surface area (Å²) >= 11 is 5.72. The van der Waals surface area contributed by atoms with Crippen molar-refractivity contribution < 1.29 is 0 Å². The molecule has 0 N–H and O–H groups in total. The third-order valence-electron chi connectivity index (χ3n) is 8.26. The summed E-state index contributed by atoms with van der Waals surface area (Å²) in [4.78, 5) is 2.59. The zero-order chi connectivity index (χ0) is 31.4. The van der Waals surface area contributed by atoms with E-state index in [1.54, 1.807) is 0 Å². The van der Waals surface area contributed by atoms with Crippen LogP contribution in [0.15, 0.2) is 190 Å².